The minimum atomic E-state index is -0.0537. The summed E-state index contributed by atoms with van der Waals surface area (Å²) in [4.78, 5) is 14.8. The predicted octanol–water partition coefficient (Wildman–Crippen LogP) is 4.35. The second-order valence-electron chi connectivity index (χ2n) is 5.34. The normalized spacial score (nSPS) is 17.0. The molecule has 4 nitrogen and oxygen atoms in total. The topological polar surface area (TPSA) is 38.8 Å². The van der Waals surface area contributed by atoms with E-state index in [0.29, 0.717) is 5.56 Å². The van der Waals surface area contributed by atoms with Gasteiger partial charge in [-0.15, -0.1) is 11.8 Å². The molecule has 0 unspecified atom stereocenters. The van der Waals surface area contributed by atoms with Crippen molar-refractivity contribution < 1.29 is 14.3 Å². The highest BCUT2D eigenvalue weighted by atomic mass is 79.9. The van der Waals surface area contributed by atoms with Gasteiger partial charge in [0.15, 0.2) is 0 Å². The number of amides is 1. The van der Waals surface area contributed by atoms with E-state index in [1.165, 1.54) is 0 Å². The van der Waals surface area contributed by atoms with E-state index < -0.39 is 0 Å². The molecule has 0 radical (unpaired) electrons. The quantitative estimate of drug-likeness (QED) is 0.754. The Morgan fingerprint density at radius 3 is 2.58 bits per heavy atom. The van der Waals surface area contributed by atoms with Crippen LogP contribution in [0.2, 0.25) is 0 Å². The van der Waals surface area contributed by atoms with E-state index in [0.717, 1.165) is 33.8 Å². The van der Waals surface area contributed by atoms with Gasteiger partial charge in [0.05, 0.1) is 14.2 Å². The van der Waals surface area contributed by atoms with Crippen molar-refractivity contribution in [3.63, 3.8) is 0 Å². The second kappa shape index (κ2) is 7.49. The minimum Gasteiger partial charge on any atom is -0.497 e. The molecule has 1 aliphatic rings. The summed E-state index contributed by atoms with van der Waals surface area (Å²) in [6.45, 7) is 0.722. The summed E-state index contributed by atoms with van der Waals surface area (Å²) in [6.07, 6.45) is 0. The predicted molar refractivity (Wildman–Crippen MR) is 99.9 cm³/mol. The number of ether oxygens (including phenoxy) is 2. The van der Waals surface area contributed by atoms with Crippen molar-refractivity contribution in [2.75, 3.05) is 26.5 Å². The fourth-order valence-corrected chi connectivity index (χ4v) is 4.26. The third-order valence-electron chi connectivity index (χ3n) is 3.95. The summed E-state index contributed by atoms with van der Waals surface area (Å²) in [5.41, 5.74) is 1.68. The maximum Gasteiger partial charge on any atom is 0.255 e. The lowest BCUT2D eigenvalue weighted by molar-refractivity contribution is 0.0759. The van der Waals surface area contributed by atoms with Crippen LogP contribution in [0.15, 0.2) is 46.9 Å². The number of methoxy groups -OCH3 is 2. The van der Waals surface area contributed by atoms with E-state index >= 15 is 0 Å². The van der Waals surface area contributed by atoms with E-state index in [2.05, 4.69) is 15.9 Å². The Morgan fingerprint density at radius 2 is 1.92 bits per heavy atom. The van der Waals surface area contributed by atoms with Crippen molar-refractivity contribution in [3.8, 4) is 11.5 Å². The number of hydrogen-bond acceptors (Lipinski definition) is 4. The molecule has 126 valence electrons. The molecule has 6 heteroatoms. The Labute approximate surface area is 154 Å². The number of carbonyl (C=O) groups excluding carboxylic acids is 1. The molecule has 0 aromatic heterocycles. The lowest BCUT2D eigenvalue weighted by Crippen LogP contribution is -2.30. The lowest BCUT2D eigenvalue weighted by atomic mass is 10.1. The monoisotopic (exact) mass is 407 g/mol. The van der Waals surface area contributed by atoms with Crippen molar-refractivity contribution in [2.24, 2.45) is 0 Å². The van der Waals surface area contributed by atoms with Gasteiger partial charge in [-0.05, 0) is 36.4 Å². The van der Waals surface area contributed by atoms with Crippen molar-refractivity contribution in [1.29, 1.82) is 0 Å². The molecular weight excluding hydrogens is 390 g/mol. The van der Waals surface area contributed by atoms with Crippen LogP contribution in [-0.2, 0) is 0 Å². The molecule has 1 fully saturated rings. The summed E-state index contributed by atoms with van der Waals surface area (Å²) in [7, 11) is 3.26. The van der Waals surface area contributed by atoms with Gasteiger partial charge in [0.1, 0.15) is 16.9 Å². The maximum absolute atomic E-state index is 12.9. The Balaban J connectivity index is 1.90. The number of rotatable bonds is 4. The first-order chi connectivity index (χ1) is 11.6. The number of hydrogen-bond donors (Lipinski definition) is 0. The SMILES string of the molecule is COc1ccc([C@H]2SCCN2C(=O)c2ccc(Br)cc2)c(OC)c1. The van der Waals surface area contributed by atoms with Crippen molar-refractivity contribution >= 4 is 33.6 Å². The van der Waals surface area contributed by atoms with Crippen LogP contribution in [0.4, 0.5) is 0 Å². The van der Waals surface area contributed by atoms with Gasteiger partial charge in [-0.1, -0.05) is 15.9 Å². The molecule has 3 rings (SSSR count). The van der Waals surface area contributed by atoms with Gasteiger partial charge in [-0.25, -0.2) is 0 Å². The standard InChI is InChI=1S/C18H18BrNO3S/c1-22-14-7-8-15(16(11-14)23-2)18-20(9-10-24-18)17(21)12-3-5-13(19)6-4-12/h3-8,11,18H,9-10H2,1-2H3/t18-/m1/s1. The van der Waals surface area contributed by atoms with Gasteiger partial charge >= 0.3 is 0 Å². The van der Waals surface area contributed by atoms with Crippen LogP contribution in [-0.4, -0.2) is 37.3 Å². The molecule has 0 saturated carbocycles. The number of benzene rings is 2. The summed E-state index contributed by atoms with van der Waals surface area (Å²) in [6, 6.07) is 13.2. The van der Waals surface area contributed by atoms with Crippen molar-refractivity contribution in [3.05, 3.63) is 58.1 Å². The van der Waals surface area contributed by atoms with Gasteiger partial charge in [-0.3, -0.25) is 4.79 Å². The smallest absolute Gasteiger partial charge is 0.255 e. The molecular formula is C18H18BrNO3S. The average Bonchev–Trinajstić information content (AvgIpc) is 3.10. The van der Waals surface area contributed by atoms with Crippen LogP contribution >= 0.6 is 27.7 Å². The van der Waals surface area contributed by atoms with E-state index in [-0.39, 0.29) is 11.3 Å². The zero-order chi connectivity index (χ0) is 17.1. The van der Waals surface area contributed by atoms with Crippen LogP contribution in [0.5, 0.6) is 11.5 Å². The Hall–Kier alpha value is -1.66. The number of halogens is 1. The molecule has 2 aromatic carbocycles. The van der Waals surface area contributed by atoms with Crippen LogP contribution in [0.3, 0.4) is 0 Å². The van der Waals surface area contributed by atoms with Gasteiger partial charge in [0, 0.05) is 34.0 Å². The zero-order valence-electron chi connectivity index (χ0n) is 13.5. The molecule has 2 aromatic rings. The molecule has 1 atom stereocenters. The third kappa shape index (κ3) is 3.39. The highest BCUT2D eigenvalue weighted by Gasteiger charge is 2.33. The molecule has 1 saturated heterocycles. The van der Waals surface area contributed by atoms with Gasteiger partial charge in [-0.2, -0.15) is 0 Å². The van der Waals surface area contributed by atoms with E-state index in [9.17, 15) is 4.79 Å². The summed E-state index contributed by atoms with van der Waals surface area (Å²) in [5.74, 6) is 2.42. The Morgan fingerprint density at radius 1 is 1.17 bits per heavy atom. The Kier molecular flexibility index (Phi) is 5.36. The number of nitrogens with zero attached hydrogens (tertiary/aromatic N) is 1. The van der Waals surface area contributed by atoms with Gasteiger partial charge < -0.3 is 14.4 Å². The largest absolute Gasteiger partial charge is 0.497 e. The molecule has 1 aliphatic heterocycles. The highest BCUT2D eigenvalue weighted by molar-refractivity contribution is 9.10. The fraction of sp³-hybridized carbons (Fsp3) is 0.278. The van der Waals surface area contributed by atoms with Crippen LogP contribution < -0.4 is 9.47 Å². The molecule has 1 heterocycles. The van der Waals surface area contributed by atoms with E-state index in [1.54, 1.807) is 26.0 Å². The summed E-state index contributed by atoms with van der Waals surface area (Å²) >= 11 is 5.15. The van der Waals surface area contributed by atoms with E-state index in [4.69, 9.17) is 9.47 Å². The summed E-state index contributed by atoms with van der Waals surface area (Å²) < 4.78 is 11.7. The first-order valence-electron chi connectivity index (χ1n) is 7.54. The molecule has 0 N–H and O–H groups in total. The van der Waals surface area contributed by atoms with Crippen LogP contribution in [0.1, 0.15) is 21.3 Å². The van der Waals surface area contributed by atoms with Crippen molar-refractivity contribution in [2.45, 2.75) is 5.37 Å². The minimum absolute atomic E-state index is 0.0374. The number of thioether (sulfide) groups is 1. The summed E-state index contributed by atoms with van der Waals surface area (Å²) in [5, 5.41) is -0.0537. The molecule has 24 heavy (non-hydrogen) atoms. The zero-order valence-corrected chi connectivity index (χ0v) is 15.9. The first-order valence-corrected chi connectivity index (χ1v) is 9.38. The van der Waals surface area contributed by atoms with Crippen LogP contribution in [0.25, 0.3) is 0 Å². The number of carbonyl (C=O) groups is 1. The van der Waals surface area contributed by atoms with Crippen molar-refractivity contribution in [1.82, 2.24) is 4.90 Å². The highest BCUT2D eigenvalue weighted by Crippen LogP contribution is 2.43. The van der Waals surface area contributed by atoms with Gasteiger partial charge in [0.25, 0.3) is 5.91 Å². The van der Waals surface area contributed by atoms with E-state index in [1.807, 2.05) is 47.4 Å². The fourth-order valence-electron chi connectivity index (χ4n) is 2.72. The maximum atomic E-state index is 12.9. The molecule has 0 aliphatic carbocycles. The lowest BCUT2D eigenvalue weighted by Gasteiger charge is -2.25. The average molecular weight is 408 g/mol. The Bertz CT molecular complexity index is 736. The third-order valence-corrected chi connectivity index (χ3v) is 5.72. The second-order valence-corrected chi connectivity index (χ2v) is 7.44. The molecule has 1 amide bonds. The molecule has 0 spiro atoms. The van der Waals surface area contributed by atoms with Crippen LogP contribution in [0, 0.1) is 0 Å². The first kappa shape index (κ1) is 17.2. The molecule has 0 bridgehead atoms. The van der Waals surface area contributed by atoms with Gasteiger partial charge in [0.2, 0.25) is 0 Å².